The first-order chi connectivity index (χ1) is 15.6. The van der Waals surface area contributed by atoms with Gasteiger partial charge in [0, 0.05) is 10.8 Å². The second-order valence-electron chi connectivity index (χ2n) is 8.53. The van der Waals surface area contributed by atoms with Gasteiger partial charge in [-0.25, -0.2) is 14.2 Å². The van der Waals surface area contributed by atoms with Gasteiger partial charge in [-0.1, -0.05) is 56.3 Å². The van der Waals surface area contributed by atoms with E-state index in [2.05, 4.69) is 15.6 Å². The third-order valence-electron chi connectivity index (χ3n) is 5.88. The fourth-order valence-corrected chi connectivity index (χ4v) is 4.64. The number of anilines is 1. The topological polar surface area (TPSA) is 91.4 Å². The van der Waals surface area contributed by atoms with E-state index >= 15 is 0 Å². The number of amides is 4. The van der Waals surface area contributed by atoms with Gasteiger partial charge in [-0.3, -0.25) is 14.5 Å². The predicted molar refractivity (Wildman–Crippen MR) is 123 cm³/mol. The molecule has 2 aromatic carbocycles. The Hall–Kier alpha value is -3.59. The van der Waals surface area contributed by atoms with E-state index < -0.39 is 35.7 Å². The average Bonchev–Trinajstić information content (AvgIpc) is 3.34. The summed E-state index contributed by atoms with van der Waals surface area (Å²) >= 11 is 1.27. The number of nitrogens with zero attached hydrogens (tertiary/aromatic N) is 2. The number of halogens is 1. The molecule has 3 aromatic rings. The molecule has 9 heteroatoms. The Morgan fingerprint density at radius 1 is 1.15 bits per heavy atom. The van der Waals surface area contributed by atoms with E-state index in [-0.39, 0.29) is 5.41 Å². The largest absolute Gasteiger partial charge is 0.325 e. The second kappa shape index (κ2) is 8.40. The van der Waals surface area contributed by atoms with Gasteiger partial charge in [0.2, 0.25) is 5.91 Å². The lowest BCUT2D eigenvalue weighted by Gasteiger charge is -2.23. The highest BCUT2D eigenvalue weighted by atomic mass is 32.1. The Labute approximate surface area is 194 Å². The van der Waals surface area contributed by atoms with Crippen LogP contribution in [0, 0.1) is 5.82 Å². The van der Waals surface area contributed by atoms with Gasteiger partial charge < -0.3 is 10.6 Å². The number of rotatable bonds is 6. The quantitative estimate of drug-likeness (QED) is 0.537. The first-order valence-electron chi connectivity index (χ1n) is 10.3. The van der Waals surface area contributed by atoms with Crippen LogP contribution in [0.1, 0.15) is 37.6 Å². The van der Waals surface area contributed by atoms with Gasteiger partial charge in [-0.05, 0) is 30.2 Å². The number of thiazole rings is 1. The molecule has 7 nitrogen and oxygen atoms in total. The summed E-state index contributed by atoms with van der Waals surface area (Å²) < 4.78 is 13.3. The minimum Gasteiger partial charge on any atom is -0.319 e. The third kappa shape index (κ3) is 4.23. The molecule has 4 amide bonds. The van der Waals surface area contributed by atoms with Crippen LogP contribution in [0.5, 0.6) is 0 Å². The molecule has 0 saturated carbocycles. The van der Waals surface area contributed by atoms with Gasteiger partial charge >= 0.3 is 6.03 Å². The summed E-state index contributed by atoms with van der Waals surface area (Å²) in [5.41, 5.74) is 0.583. The van der Waals surface area contributed by atoms with Crippen LogP contribution in [0.25, 0.3) is 0 Å². The van der Waals surface area contributed by atoms with E-state index in [1.54, 1.807) is 0 Å². The lowest BCUT2D eigenvalue weighted by molar-refractivity contribution is -0.133. The van der Waals surface area contributed by atoms with E-state index in [1.165, 1.54) is 42.5 Å². The molecule has 33 heavy (non-hydrogen) atoms. The van der Waals surface area contributed by atoms with E-state index in [9.17, 15) is 18.8 Å². The van der Waals surface area contributed by atoms with Crippen LogP contribution in [0.2, 0.25) is 0 Å². The Bertz CT molecular complexity index is 1210. The Balaban J connectivity index is 1.45. The van der Waals surface area contributed by atoms with Crippen LogP contribution in [0.4, 0.5) is 14.3 Å². The number of aromatic nitrogens is 1. The van der Waals surface area contributed by atoms with Crippen molar-refractivity contribution in [2.75, 3.05) is 11.9 Å². The van der Waals surface area contributed by atoms with Crippen molar-refractivity contribution in [2.45, 2.75) is 31.7 Å². The second-order valence-corrected chi connectivity index (χ2v) is 9.39. The van der Waals surface area contributed by atoms with Crippen molar-refractivity contribution in [1.82, 2.24) is 15.2 Å². The zero-order valence-corrected chi connectivity index (χ0v) is 19.2. The van der Waals surface area contributed by atoms with Gasteiger partial charge in [-0.2, -0.15) is 0 Å². The first-order valence-corrected chi connectivity index (χ1v) is 11.2. The summed E-state index contributed by atoms with van der Waals surface area (Å²) in [6, 6.07) is 14.5. The highest BCUT2D eigenvalue weighted by Gasteiger charge is 2.49. The van der Waals surface area contributed by atoms with Crippen molar-refractivity contribution in [3.63, 3.8) is 0 Å². The van der Waals surface area contributed by atoms with E-state index in [4.69, 9.17) is 0 Å². The minimum absolute atomic E-state index is 0.359. The normalized spacial score (nSPS) is 18.4. The van der Waals surface area contributed by atoms with Crippen molar-refractivity contribution in [2.24, 2.45) is 0 Å². The lowest BCUT2D eigenvalue weighted by Crippen LogP contribution is -2.42. The molecule has 2 N–H and O–H groups in total. The monoisotopic (exact) mass is 466 g/mol. The van der Waals surface area contributed by atoms with Crippen LogP contribution in [0.3, 0.4) is 0 Å². The fraction of sp³-hybridized carbons (Fsp3) is 0.250. The minimum atomic E-state index is -1.38. The average molecular weight is 467 g/mol. The summed E-state index contributed by atoms with van der Waals surface area (Å²) in [6.45, 7) is 5.16. The molecule has 1 aromatic heterocycles. The van der Waals surface area contributed by atoms with Crippen molar-refractivity contribution < 1.29 is 18.8 Å². The third-order valence-corrected chi connectivity index (χ3v) is 6.64. The molecule has 0 radical (unpaired) electrons. The molecule has 1 saturated heterocycles. The summed E-state index contributed by atoms with van der Waals surface area (Å²) in [5, 5.41) is 7.53. The molecule has 1 unspecified atom stereocenters. The maximum Gasteiger partial charge on any atom is 0.325 e. The van der Waals surface area contributed by atoms with Crippen molar-refractivity contribution in [1.29, 1.82) is 0 Å². The lowest BCUT2D eigenvalue weighted by atomic mass is 9.82. The van der Waals surface area contributed by atoms with Gasteiger partial charge in [0.1, 0.15) is 17.9 Å². The zero-order valence-electron chi connectivity index (χ0n) is 18.4. The molecule has 0 aliphatic carbocycles. The molecule has 0 spiro atoms. The number of benzene rings is 2. The van der Waals surface area contributed by atoms with Crippen molar-refractivity contribution >= 4 is 34.3 Å². The van der Waals surface area contributed by atoms with Gasteiger partial charge in [0.05, 0.1) is 5.69 Å². The highest BCUT2D eigenvalue weighted by molar-refractivity contribution is 7.14. The SMILES string of the molecule is CC1(c2ccc(F)cc2)NC(=O)N(CC(=O)Nc2nc(C(C)(C)c3ccccc3)cs2)C1=O. The number of carbonyl (C=O) groups is 3. The van der Waals surface area contributed by atoms with Gasteiger partial charge in [0.25, 0.3) is 5.91 Å². The summed E-state index contributed by atoms with van der Waals surface area (Å²) in [6.07, 6.45) is 0. The summed E-state index contributed by atoms with van der Waals surface area (Å²) in [4.78, 5) is 43.4. The number of hydrogen-bond donors (Lipinski definition) is 2. The number of urea groups is 1. The van der Waals surface area contributed by atoms with Crippen LogP contribution in [-0.2, 0) is 20.5 Å². The molecule has 1 aliphatic heterocycles. The van der Waals surface area contributed by atoms with Gasteiger partial charge in [0.15, 0.2) is 5.13 Å². The number of imide groups is 1. The number of nitrogens with one attached hydrogen (secondary N) is 2. The standard InChI is InChI=1S/C24H23FN4O3S/c1-23(2,15-7-5-4-6-8-15)18-14-33-21(26-18)27-19(30)13-29-20(31)24(3,28-22(29)32)16-9-11-17(25)12-10-16/h4-12,14H,13H2,1-3H3,(H,28,32)(H,26,27,30). The molecule has 170 valence electrons. The maximum absolute atomic E-state index is 13.3. The predicted octanol–water partition coefficient (Wildman–Crippen LogP) is 4.01. The summed E-state index contributed by atoms with van der Waals surface area (Å²) in [7, 11) is 0. The molecular weight excluding hydrogens is 443 g/mol. The Morgan fingerprint density at radius 3 is 2.48 bits per heavy atom. The summed E-state index contributed by atoms with van der Waals surface area (Å²) in [5.74, 6) is -1.58. The first kappa shape index (κ1) is 22.6. The van der Waals surface area contributed by atoms with Crippen LogP contribution >= 0.6 is 11.3 Å². The molecule has 1 aliphatic rings. The Morgan fingerprint density at radius 2 is 1.82 bits per heavy atom. The van der Waals surface area contributed by atoms with Crippen molar-refractivity contribution in [3.05, 3.63) is 82.6 Å². The fourth-order valence-electron chi connectivity index (χ4n) is 3.74. The number of hydrogen-bond acceptors (Lipinski definition) is 5. The molecule has 1 fully saturated rings. The Kier molecular flexibility index (Phi) is 5.75. The van der Waals surface area contributed by atoms with Crippen LogP contribution < -0.4 is 10.6 Å². The van der Waals surface area contributed by atoms with Crippen LogP contribution in [-0.4, -0.2) is 34.3 Å². The molecule has 1 atom stereocenters. The number of carbonyl (C=O) groups excluding carboxylic acids is 3. The molecule has 4 rings (SSSR count). The van der Waals surface area contributed by atoms with E-state index in [0.717, 1.165) is 16.2 Å². The molecule has 0 bridgehead atoms. The maximum atomic E-state index is 13.3. The van der Waals surface area contributed by atoms with E-state index in [0.29, 0.717) is 10.7 Å². The molecular formula is C24H23FN4O3S. The highest BCUT2D eigenvalue weighted by Crippen LogP contribution is 2.33. The van der Waals surface area contributed by atoms with Crippen molar-refractivity contribution in [3.8, 4) is 0 Å². The smallest absolute Gasteiger partial charge is 0.319 e. The van der Waals surface area contributed by atoms with E-state index in [1.807, 2.05) is 49.6 Å². The molecule has 2 heterocycles. The van der Waals surface area contributed by atoms with Crippen LogP contribution in [0.15, 0.2) is 60.0 Å². The zero-order chi connectivity index (χ0) is 23.8. The van der Waals surface area contributed by atoms with Gasteiger partial charge in [-0.15, -0.1) is 11.3 Å².